The van der Waals surface area contributed by atoms with Gasteiger partial charge in [0.15, 0.2) is 0 Å². The maximum absolute atomic E-state index is 12.9. The van der Waals surface area contributed by atoms with Crippen molar-refractivity contribution >= 4 is 17.5 Å². The van der Waals surface area contributed by atoms with Crippen LogP contribution >= 0.6 is 0 Å². The van der Waals surface area contributed by atoms with Crippen LogP contribution in [0, 0.1) is 11.3 Å². The highest BCUT2D eigenvalue weighted by atomic mass is 16.2. The van der Waals surface area contributed by atoms with Crippen LogP contribution in [-0.4, -0.2) is 11.8 Å². The number of amides is 2. The van der Waals surface area contributed by atoms with E-state index in [2.05, 4.69) is 22.8 Å². The Labute approximate surface area is 182 Å². The van der Waals surface area contributed by atoms with Crippen molar-refractivity contribution in [3.63, 3.8) is 0 Å². The molecule has 3 aromatic rings. The summed E-state index contributed by atoms with van der Waals surface area (Å²) in [6.07, 6.45) is 2.53. The van der Waals surface area contributed by atoms with Gasteiger partial charge < -0.3 is 10.6 Å². The number of nitrogens with one attached hydrogen (secondary N) is 2. The van der Waals surface area contributed by atoms with Crippen molar-refractivity contribution in [3.8, 4) is 6.07 Å². The fourth-order valence-electron chi connectivity index (χ4n) is 3.39. The minimum Gasteiger partial charge on any atom is -0.345 e. The van der Waals surface area contributed by atoms with Gasteiger partial charge in [-0.1, -0.05) is 60.7 Å². The minimum atomic E-state index is -0.373. The molecule has 0 aromatic heterocycles. The molecular formula is C26H25N3O2. The van der Waals surface area contributed by atoms with Crippen LogP contribution in [0.2, 0.25) is 0 Å². The standard InChI is InChI=1S/C26H25N3O2/c27-19-18-25(30)28-23-16-14-22(15-17-23)26(31)29-24(21-11-5-2-6-12-21)13-7-10-20-8-3-1-4-9-20/h1-6,8-9,11-12,14-17,24H,7,10,13,18H2,(H,28,30)(H,29,31)/t24-/m0/s1. The highest BCUT2D eigenvalue weighted by Gasteiger charge is 2.16. The van der Waals surface area contributed by atoms with Gasteiger partial charge in [0.25, 0.3) is 5.91 Å². The lowest BCUT2D eigenvalue weighted by molar-refractivity contribution is -0.115. The second-order valence-corrected chi connectivity index (χ2v) is 7.27. The lowest BCUT2D eigenvalue weighted by atomic mass is 9.98. The summed E-state index contributed by atoms with van der Waals surface area (Å²) in [5, 5.41) is 14.3. The third kappa shape index (κ3) is 6.83. The van der Waals surface area contributed by atoms with Gasteiger partial charge in [-0.15, -0.1) is 0 Å². The fourth-order valence-corrected chi connectivity index (χ4v) is 3.39. The van der Waals surface area contributed by atoms with E-state index in [1.807, 2.05) is 48.5 Å². The van der Waals surface area contributed by atoms with Crippen LogP contribution in [0.3, 0.4) is 0 Å². The molecule has 0 radical (unpaired) electrons. The van der Waals surface area contributed by atoms with Crippen molar-refractivity contribution in [1.29, 1.82) is 5.26 Å². The first-order valence-corrected chi connectivity index (χ1v) is 10.3. The van der Waals surface area contributed by atoms with Crippen molar-refractivity contribution in [2.24, 2.45) is 0 Å². The number of anilines is 1. The summed E-state index contributed by atoms with van der Waals surface area (Å²) in [7, 11) is 0. The first-order valence-electron chi connectivity index (χ1n) is 10.3. The van der Waals surface area contributed by atoms with Crippen molar-refractivity contribution < 1.29 is 9.59 Å². The molecule has 0 fully saturated rings. The second kappa shape index (κ2) is 11.3. The summed E-state index contributed by atoms with van der Waals surface area (Å²) < 4.78 is 0. The number of aryl methyl sites for hydroxylation is 1. The molecule has 3 rings (SSSR count). The van der Waals surface area contributed by atoms with Crippen molar-refractivity contribution in [2.45, 2.75) is 31.7 Å². The van der Waals surface area contributed by atoms with E-state index in [0.717, 1.165) is 24.8 Å². The summed E-state index contributed by atoms with van der Waals surface area (Å²) in [4.78, 5) is 24.4. The molecule has 0 saturated heterocycles. The molecule has 3 aromatic carbocycles. The number of rotatable bonds is 9. The first-order chi connectivity index (χ1) is 15.2. The molecule has 0 spiro atoms. The SMILES string of the molecule is N#CCC(=O)Nc1ccc(C(=O)N[C@@H](CCCc2ccccc2)c2ccccc2)cc1. The maximum Gasteiger partial charge on any atom is 0.251 e. The summed E-state index contributed by atoms with van der Waals surface area (Å²) in [5.41, 5.74) is 3.43. The molecule has 0 bridgehead atoms. The lowest BCUT2D eigenvalue weighted by Gasteiger charge is -2.19. The number of carbonyl (C=O) groups excluding carboxylic acids is 2. The molecule has 2 N–H and O–H groups in total. The highest BCUT2D eigenvalue weighted by molar-refractivity contribution is 5.96. The van der Waals surface area contributed by atoms with E-state index in [-0.39, 0.29) is 24.3 Å². The van der Waals surface area contributed by atoms with Gasteiger partial charge in [-0.3, -0.25) is 9.59 Å². The van der Waals surface area contributed by atoms with Crippen LogP contribution in [0.4, 0.5) is 5.69 Å². The third-order valence-corrected chi connectivity index (χ3v) is 4.98. The molecule has 0 unspecified atom stereocenters. The second-order valence-electron chi connectivity index (χ2n) is 7.27. The molecule has 0 aliphatic rings. The summed E-state index contributed by atoms with van der Waals surface area (Å²) in [5.74, 6) is -0.536. The Kier molecular flexibility index (Phi) is 7.96. The van der Waals surface area contributed by atoms with Crippen LogP contribution in [0.1, 0.15) is 46.8 Å². The normalized spacial score (nSPS) is 11.2. The number of carbonyl (C=O) groups is 2. The van der Waals surface area contributed by atoms with Crippen molar-refractivity contribution in [2.75, 3.05) is 5.32 Å². The number of benzene rings is 3. The Balaban J connectivity index is 1.63. The van der Waals surface area contributed by atoms with E-state index in [9.17, 15) is 9.59 Å². The molecule has 0 saturated carbocycles. The molecule has 2 amide bonds. The minimum absolute atomic E-state index is 0.0904. The predicted molar refractivity (Wildman–Crippen MR) is 121 cm³/mol. The zero-order valence-electron chi connectivity index (χ0n) is 17.3. The van der Waals surface area contributed by atoms with Crippen LogP contribution in [-0.2, 0) is 11.2 Å². The van der Waals surface area contributed by atoms with Gasteiger partial charge in [0, 0.05) is 11.3 Å². The van der Waals surface area contributed by atoms with Crippen LogP contribution in [0.25, 0.3) is 0 Å². The average molecular weight is 412 g/mol. The van der Waals surface area contributed by atoms with Gasteiger partial charge >= 0.3 is 0 Å². The molecule has 31 heavy (non-hydrogen) atoms. The van der Waals surface area contributed by atoms with E-state index in [1.165, 1.54) is 5.56 Å². The number of nitrogens with zero attached hydrogens (tertiary/aromatic N) is 1. The molecule has 5 nitrogen and oxygen atoms in total. The Bertz CT molecular complexity index is 1030. The fraction of sp³-hybridized carbons (Fsp3) is 0.192. The van der Waals surface area contributed by atoms with Crippen molar-refractivity contribution in [1.82, 2.24) is 5.32 Å². The predicted octanol–water partition coefficient (Wildman–Crippen LogP) is 5.03. The molecular weight excluding hydrogens is 386 g/mol. The van der Waals surface area contributed by atoms with Gasteiger partial charge in [0.05, 0.1) is 12.1 Å². The Hall–Kier alpha value is -3.91. The molecule has 0 aliphatic heterocycles. The third-order valence-electron chi connectivity index (χ3n) is 4.98. The first kappa shape index (κ1) is 21.8. The molecule has 1 atom stereocenters. The van der Waals surface area contributed by atoms with E-state index in [1.54, 1.807) is 30.3 Å². The largest absolute Gasteiger partial charge is 0.345 e. The van der Waals surface area contributed by atoms with E-state index in [4.69, 9.17) is 5.26 Å². The number of nitriles is 1. The van der Waals surface area contributed by atoms with E-state index < -0.39 is 0 Å². The quantitative estimate of drug-likeness (QED) is 0.518. The summed E-state index contributed by atoms with van der Waals surface area (Å²) in [6.45, 7) is 0. The van der Waals surface area contributed by atoms with E-state index >= 15 is 0 Å². The lowest BCUT2D eigenvalue weighted by Crippen LogP contribution is -2.28. The van der Waals surface area contributed by atoms with Gasteiger partial charge in [-0.05, 0) is 54.7 Å². The van der Waals surface area contributed by atoms with Crippen LogP contribution < -0.4 is 10.6 Å². The average Bonchev–Trinajstić information content (AvgIpc) is 2.80. The van der Waals surface area contributed by atoms with Crippen LogP contribution in [0.5, 0.6) is 0 Å². The zero-order chi connectivity index (χ0) is 21.9. The van der Waals surface area contributed by atoms with Gasteiger partial charge in [-0.2, -0.15) is 5.26 Å². The number of hydrogen-bond donors (Lipinski definition) is 2. The smallest absolute Gasteiger partial charge is 0.251 e. The monoisotopic (exact) mass is 411 g/mol. The van der Waals surface area contributed by atoms with Gasteiger partial charge in [-0.25, -0.2) is 0 Å². The Morgan fingerprint density at radius 3 is 2.16 bits per heavy atom. The van der Waals surface area contributed by atoms with Gasteiger partial charge in [0.2, 0.25) is 5.91 Å². The molecule has 5 heteroatoms. The number of hydrogen-bond acceptors (Lipinski definition) is 3. The molecule has 0 aliphatic carbocycles. The van der Waals surface area contributed by atoms with Crippen LogP contribution in [0.15, 0.2) is 84.9 Å². The zero-order valence-corrected chi connectivity index (χ0v) is 17.3. The highest BCUT2D eigenvalue weighted by Crippen LogP contribution is 2.21. The van der Waals surface area contributed by atoms with E-state index in [0.29, 0.717) is 11.3 Å². The summed E-state index contributed by atoms with van der Waals surface area (Å²) in [6, 6.07) is 28.7. The molecule has 0 heterocycles. The summed E-state index contributed by atoms with van der Waals surface area (Å²) >= 11 is 0. The van der Waals surface area contributed by atoms with Gasteiger partial charge in [0.1, 0.15) is 6.42 Å². The Morgan fingerprint density at radius 1 is 0.871 bits per heavy atom. The molecule has 156 valence electrons. The maximum atomic E-state index is 12.9. The van der Waals surface area contributed by atoms with Crippen molar-refractivity contribution in [3.05, 3.63) is 102 Å². The Morgan fingerprint density at radius 2 is 1.52 bits per heavy atom. The topological polar surface area (TPSA) is 82.0 Å².